The fraction of sp³-hybridized carbons (Fsp3) is 0.750. The van der Waals surface area contributed by atoms with E-state index in [1.807, 2.05) is 6.08 Å². The maximum atomic E-state index is 11.2. The lowest BCUT2D eigenvalue weighted by atomic mass is 10.0. The van der Waals surface area contributed by atoms with Gasteiger partial charge < -0.3 is 0 Å². The smallest absolute Gasteiger partial charge is 0.136 e. The van der Waals surface area contributed by atoms with Gasteiger partial charge in [-0.05, 0) is 19.3 Å². The highest BCUT2D eigenvalue weighted by atomic mass is 16.1. The molecule has 1 rings (SSSR count). The van der Waals surface area contributed by atoms with Gasteiger partial charge in [0.1, 0.15) is 5.78 Å². The first-order valence-electron chi connectivity index (χ1n) is 5.56. The van der Waals surface area contributed by atoms with Crippen LogP contribution in [0.3, 0.4) is 0 Å². The fourth-order valence-corrected chi connectivity index (χ4v) is 1.73. The monoisotopic (exact) mass is 180 g/mol. The van der Waals surface area contributed by atoms with E-state index in [1.54, 1.807) is 0 Å². The van der Waals surface area contributed by atoms with Gasteiger partial charge >= 0.3 is 0 Å². The summed E-state index contributed by atoms with van der Waals surface area (Å²) in [5.74, 6) is 0.414. The van der Waals surface area contributed by atoms with E-state index in [0.717, 1.165) is 19.3 Å². The molecular formula is C12H20O. The molecule has 0 heterocycles. The molecule has 0 unspecified atom stereocenters. The Hall–Kier alpha value is -0.590. The number of hydrogen-bond donors (Lipinski definition) is 0. The Balaban J connectivity index is 2.26. The zero-order chi connectivity index (χ0) is 9.36. The van der Waals surface area contributed by atoms with Crippen molar-refractivity contribution in [3.8, 4) is 0 Å². The zero-order valence-corrected chi connectivity index (χ0v) is 8.43. The van der Waals surface area contributed by atoms with Gasteiger partial charge in [-0.2, -0.15) is 0 Å². The molecule has 0 saturated carbocycles. The zero-order valence-electron chi connectivity index (χ0n) is 8.43. The average molecular weight is 180 g/mol. The van der Waals surface area contributed by atoms with Crippen molar-refractivity contribution in [2.75, 3.05) is 0 Å². The van der Waals surface area contributed by atoms with Crippen LogP contribution in [0.4, 0.5) is 0 Å². The van der Waals surface area contributed by atoms with Crippen LogP contribution in [0.15, 0.2) is 12.2 Å². The summed E-state index contributed by atoms with van der Waals surface area (Å²) in [5.41, 5.74) is 0. The van der Waals surface area contributed by atoms with Crippen molar-refractivity contribution in [3.63, 3.8) is 0 Å². The molecule has 1 aliphatic carbocycles. The molecule has 0 aromatic rings. The van der Waals surface area contributed by atoms with Crippen molar-refractivity contribution in [3.05, 3.63) is 12.2 Å². The number of Topliss-reactive ketones (excluding diaryl/α,β-unsaturated/α-hetero) is 1. The maximum Gasteiger partial charge on any atom is 0.136 e. The Morgan fingerprint density at radius 1 is 0.846 bits per heavy atom. The Bertz CT molecular complexity index is 170. The first-order valence-corrected chi connectivity index (χ1v) is 5.56. The molecule has 1 aliphatic rings. The maximum absolute atomic E-state index is 11.2. The lowest BCUT2D eigenvalue weighted by Crippen LogP contribution is -1.95. The van der Waals surface area contributed by atoms with E-state index in [2.05, 4.69) is 6.08 Å². The van der Waals surface area contributed by atoms with Crippen molar-refractivity contribution in [2.24, 2.45) is 0 Å². The summed E-state index contributed by atoms with van der Waals surface area (Å²) < 4.78 is 0. The predicted molar refractivity (Wildman–Crippen MR) is 55.7 cm³/mol. The molecule has 0 aliphatic heterocycles. The quantitative estimate of drug-likeness (QED) is 0.520. The number of carbonyl (C=O) groups excluding carboxylic acids is 1. The van der Waals surface area contributed by atoms with E-state index in [-0.39, 0.29) is 0 Å². The Kier molecular flexibility index (Phi) is 5.55. The van der Waals surface area contributed by atoms with Crippen LogP contribution in [0.2, 0.25) is 0 Å². The molecule has 1 heteroatoms. The summed E-state index contributed by atoms with van der Waals surface area (Å²) >= 11 is 0. The molecule has 74 valence electrons. The van der Waals surface area contributed by atoms with E-state index >= 15 is 0 Å². The second-order valence-corrected chi connectivity index (χ2v) is 3.87. The summed E-state index contributed by atoms with van der Waals surface area (Å²) in [6.45, 7) is 0. The summed E-state index contributed by atoms with van der Waals surface area (Å²) in [4.78, 5) is 11.2. The van der Waals surface area contributed by atoms with E-state index in [1.165, 1.54) is 32.1 Å². The molecule has 0 saturated heterocycles. The van der Waals surface area contributed by atoms with Gasteiger partial charge in [0.05, 0.1) is 0 Å². The largest absolute Gasteiger partial charge is 0.299 e. The molecule has 1 nitrogen and oxygen atoms in total. The van der Waals surface area contributed by atoms with Crippen LogP contribution in [-0.2, 0) is 4.79 Å². The highest BCUT2D eigenvalue weighted by molar-refractivity contribution is 5.79. The van der Waals surface area contributed by atoms with Crippen LogP contribution in [0, 0.1) is 0 Å². The van der Waals surface area contributed by atoms with Crippen LogP contribution in [-0.4, -0.2) is 5.78 Å². The fourth-order valence-electron chi connectivity index (χ4n) is 1.73. The molecular weight excluding hydrogens is 160 g/mol. The minimum Gasteiger partial charge on any atom is -0.299 e. The number of carbonyl (C=O) groups is 1. The molecule has 0 spiro atoms. The van der Waals surface area contributed by atoms with Gasteiger partial charge in [-0.1, -0.05) is 37.8 Å². The molecule has 0 aromatic carbocycles. The van der Waals surface area contributed by atoms with Gasteiger partial charge in [-0.3, -0.25) is 4.79 Å². The molecule has 0 atom stereocenters. The standard InChI is InChI=1S/C12H20O/c13-12-10-8-6-4-2-1-3-5-7-9-11-12/h6,8H,1-5,7,9-11H2/b8-6+. The van der Waals surface area contributed by atoms with Crippen LogP contribution < -0.4 is 0 Å². The molecule has 0 radical (unpaired) electrons. The first-order chi connectivity index (χ1) is 6.39. The average Bonchev–Trinajstić information content (AvgIpc) is 2.11. The minimum absolute atomic E-state index is 0.414. The second-order valence-electron chi connectivity index (χ2n) is 3.87. The van der Waals surface area contributed by atoms with Crippen LogP contribution >= 0.6 is 0 Å². The van der Waals surface area contributed by atoms with Gasteiger partial charge in [0, 0.05) is 12.8 Å². The van der Waals surface area contributed by atoms with E-state index in [0.29, 0.717) is 12.2 Å². The molecule has 0 fully saturated rings. The molecule has 0 amide bonds. The summed E-state index contributed by atoms with van der Waals surface area (Å²) in [7, 11) is 0. The normalized spacial score (nSPS) is 24.5. The van der Waals surface area contributed by atoms with Crippen molar-refractivity contribution < 1.29 is 4.79 Å². The van der Waals surface area contributed by atoms with Crippen molar-refractivity contribution in [1.82, 2.24) is 0 Å². The third-order valence-electron chi connectivity index (χ3n) is 2.59. The Morgan fingerprint density at radius 3 is 2.38 bits per heavy atom. The second kappa shape index (κ2) is 6.88. The Labute approximate surface area is 81.2 Å². The predicted octanol–water partition coefficient (Wildman–Crippen LogP) is 3.64. The Morgan fingerprint density at radius 2 is 1.54 bits per heavy atom. The molecule has 0 N–H and O–H groups in total. The van der Waals surface area contributed by atoms with Crippen molar-refractivity contribution in [1.29, 1.82) is 0 Å². The van der Waals surface area contributed by atoms with Crippen LogP contribution in [0.5, 0.6) is 0 Å². The van der Waals surface area contributed by atoms with E-state index < -0.39 is 0 Å². The summed E-state index contributed by atoms with van der Waals surface area (Å²) in [6, 6.07) is 0. The highest BCUT2D eigenvalue weighted by Gasteiger charge is 1.99. The summed E-state index contributed by atoms with van der Waals surface area (Å²) in [5, 5.41) is 0. The van der Waals surface area contributed by atoms with Crippen molar-refractivity contribution >= 4 is 5.78 Å². The van der Waals surface area contributed by atoms with Gasteiger partial charge in [0.2, 0.25) is 0 Å². The van der Waals surface area contributed by atoms with Crippen LogP contribution in [0.1, 0.15) is 57.8 Å². The summed E-state index contributed by atoms with van der Waals surface area (Å²) in [6.07, 6.45) is 14.5. The van der Waals surface area contributed by atoms with Crippen LogP contribution in [0.25, 0.3) is 0 Å². The van der Waals surface area contributed by atoms with Gasteiger partial charge in [0.15, 0.2) is 0 Å². The third kappa shape index (κ3) is 5.62. The van der Waals surface area contributed by atoms with E-state index in [9.17, 15) is 4.79 Å². The van der Waals surface area contributed by atoms with Gasteiger partial charge in [-0.25, -0.2) is 0 Å². The molecule has 0 bridgehead atoms. The topological polar surface area (TPSA) is 17.1 Å². The van der Waals surface area contributed by atoms with E-state index in [4.69, 9.17) is 0 Å². The van der Waals surface area contributed by atoms with Crippen molar-refractivity contribution in [2.45, 2.75) is 57.8 Å². The SMILES string of the molecule is O=C1C/C=C/CCCCCCCC1. The number of allylic oxidation sites excluding steroid dienone is 2. The lowest BCUT2D eigenvalue weighted by molar-refractivity contribution is -0.118. The highest BCUT2D eigenvalue weighted by Crippen LogP contribution is 2.11. The molecule has 13 heavy (non-hydrogen) atoms. The lowest BCUT2D eigenvalue weighted by Gasteiger charge is -2.02. The first kappa shape index (κ1) is 10.5. The van der Waals surface area contributed by atoms with Gasteiger partial charge in [-0.15, -0.1) is 0 Å². The van der Waals surface area contributed by atoms with Gasteiger partial charge in [0.25, 0.3) is 0 Å². The number of rotatable bonds is 0. The molecule has 0 aromatic heterocycles. The number of ketones is 1. The number of hydrogen-bond acceptors (Lipinski definition) is 1. The third-order valence-corrected chi connectivity index (χ3v) is 2.59. The minimum atomic E-state index is 0.414.